The van der Waals surface area contributed by atoms with E-state index < -0.39 is 34.4 Å². The summed E-state index contributed by atoms with van der Waals surface area (Å²) in [6.45, 7) is 2.44. The molecule has 2 aliphatic heterocycles. The summed E-state index contributed by atoms with van der Waals surface area (Å²) in [5, 5.41) is 10.3. The number of aromatic nitrogens is 4. The predicted octanol–water partition coefficient (Wildman–Crippen LogP) is 3.47. The van der Waals surface area contributed by atoms with Gasteiger partial charge in [-0.1, -0.05) is 29.8 Å². The van der Waals surface area contributed by atoms with Crippen molar-refractivity contribution in [3.63, 3.8) is 0 Å². The molecule has 2 saturated heterocycles. The summed E-state index contributed by atoms with van der Waals surface area (Å²) < 4.78 is 38.7. The molecule has 0 aromatic carbocycles. The Morgan fingerprint density at radius 3 is 2.79 bits per heavy atom. The Morgan fingerprint density at radius 2 is 2.05 bits per heavy atom. The maximum atomic E-state index is 11.6. The zero-order valence-electron chi connectivity index (χ0n) is 21.5. The van der Waals surface area contributed by atoms with Crippen LogP contribution in [0.2, 0.25) is 5.02 Å². The van der Waals surface area contributed by atoms with Gasteiger partial charge in [-0.05, 0) is 37.1 Å². The van der Waals surface area contributed by atoms with E-state index in [-0.39, 0.29) is 25.3 Å². The van der Waals surface area contributed by atoms with Crippen molar-refractivity contribution in [1.29, 1.82) is 0 Å². The topological polar surface area (TPSA) is 141 Å². The van der Waals surface area contributed by atoms with Gasteiger partial charge < -0.3 is 37.6 Å². The third-order valence-corrected chi connectivity index (χ3v) is 7.91. The van der Waals surface area contributed by atoms with Crippen molar-refractivity contribution in [3.8, 4) is 23.1 Å². The number of halogens is 1. The lowest BCUT2D eigenvalue weighted by Gasteiger charge is -2.26. The number of nitrogens with one attached hydrogen (secondary N) is 1. The first-order chi connectivity index (χ1) is 18.7. The number of aromatic amines is 1. The van der Waals surface area contributed by atoms with E-state index in [0.29, 0.717) is 39.7 Å². The van der Waals surface area contributed by atoms with Crippen LogP contribution in [0.4, 0.5) is 0 Å². The molecule has 3 aliphatic rings. The lowest BCUT2D eigenvalue weighted by Crippen LogP contribution is -2.34. The Kier molecular flexibility index (Phi) is 6.84. The first-order valence-electron chi connectivity index (χ1n) is 12.4. The molecule has 0 bridgehead atoms. The van der Waals surface area contributed by atoms with Gasteiger partial charge >= 0.3 is 0 Å². The highest BCUT2D eigenvalue weighted by molar-refractivity contribution is 7.74. The highest BCUT2D eigenvalue weighted by atomic mass is 35.5. The summed E-state index contributed by atoms with van der Waals surface area (Å²) in [6, 6.07) is 5.72. The fraction of sp³-hybridized carbons (Fsp3) is 0.423. The molecule has 5 atom stereocenters. The molecule has 0 amide bonds. The molecule has 2 fully saturated rings. The number of imidazole rings is 1. The van der Waals surface area contributed by atoms with Crippen LogP contribution < -0.4 is 9.47 Å². The molecule has 13 heteroatoms. The van der Waals surface area contributed by atoms with Gasteiger partial charge in [0.05, 0.1) is 53.4 Å². The van der Waals surface area contributed by atoms with Crippen LogP contribution in [0.1, 0.15) is 19.0 Å². The fourth-order valence-electron chi connectivity index (χ4n) is 5.04. The van der Waals surface area contributed by atoms with Crippen LogP contribution in [0.5, 0.6) is 11.9 Å². The van der Waals surface area contributed by atoms with Gasteiger partial charge in [0.25, 0.3) is 6.01 Å². The molecule has 11 nitrogen and oxygen atoms in total. The normalized spacial score (nSPS) is 29.0. The Bertz CT molecular complexity index is 1580. The monoisotopic (exact) mass is 572 g/mol. The SMILES string of the molecule is COc1nc(C2=CCC(C)(N=[S-](C)=O)C=C2)ccc1-c1nc2nc(OC3COC4C(O)COC34)[nH]c2cc1Cl. The molecule has 0 spiro atoms. The minimum atomic E-state index is -1.25. The third-order valence-electron chi connectivity index (χ3n) is 6.95. The van der Waals surface area contributed by atoms with Crippen molar-refractivity contribution in [2.45, 2.75) is 43.3 Å². The Hall–Kier alpha value is -3.03. The largest absolute Gasteiger partial charge is 0.480 e. The summed E-state index contributed by atoms with van der Waals surface area (Å²) >= 11 is 6.64. The van der Waals surface area contributed by atoms with E-state index in [1.807, 2.05) is 37.3 Å². The van der Waals surface area contributed by atoms with Crippen molar-refractivity contribution in [1.82, 2.24) is 19.9 Å². The van der Waals surface area contributed by atoms with Crippen LogP contribution in [0.25, 0.3) is 28.0 Å². The van der Waals surface area contributed by atoms with E-state index >= 15 is 0 Å². The molecule has 1 aliphatic carbocycles. The van der Waals surface area contributed by atoms with Crippen molar-refractivity contribution in [2.24, 2.45) is 4.36 Å². The van der Waals surface area contributed by atoms with Crippen molar-refractivity contribution in [2.75, 3.05) is 26.6 Å². The molecule has 2 N–H and O–H groups in total. The van der Waals surface area contributed by atoms with Crippen LogP contribution in [0, 0.1) is 0 Å². The molecule has 5 unspecified atom stereocenters. The van der Waals surface area contributed by atoms with Gasteiger partial charge in [-0.15, -0.1) is 6.26 Å². The van der Waals surface area contributed by atoms with Gasteiger partial charge in [0, 0.05) is 0 Å². The van der Waals surface area contributed by atoms with Crippen LogP contribution in [0.3, 0.4) is 0 Å². The van der Waals surface area contributed by atoms with E-state index in [1.165, 1.54) is 0 Å². The lowest BCUT2D eigenvalue weighted by molar-refractivity contribution is 0.00706. The molecule has 3 aromatic heterocycles. The third kappa shape index (κ3) is 5.03. The summed E-state index contributed by atoms with van der Waals surface area (Å²) in [5.41, 5.74) is 3.21. The highest BCUT2D eigenvalue weighted by Crippen LogP contribution is 2.37. The molecule has 3 aromatic rings. The Morgan fingerprint density at radius 1 is 1.23 bits per heavy atom. The lowest BCUT2D eigenvalue weighted by atomic mass is 9.90. The maximum absolute atomic E-state index is 11.6. The number of hydrogen-bond acceptors (Lipinski definition) is 11. The number of pyridine rings is 2. The number of aliphatic hydroxyl groups excluding tert-OH is 1. The van der Waals surface area contributed by atoms with E-state index in [4.69, 9.17) is 35.5 Å². The number of hydrogen-bond donors (Lipinski definition) is 2. The highest BCUT2D eigenvalue weighted by Gasteiger charge is 2.48. The first kappa shape index (κ1) is 26.2. The van der Waals surface area contributed by atoms with Gasteiger partial charge in [0.15, 0.2) is 11.8 Å². The maximum Gasteiger partial charge on any atom is 0.296 e. The van der Waals surface area contributed by atoms with E-state index in [9.17, 15) is 9.32 Å². The number of rotatable bonds is 6. The van der Waals surface area contributed by atoms with Crippen molar-refractivity contribution < 1.29 is 28.3 Å². The summed E-state index contributed by atoms with van der Waals surface area (Å²) in [5.74, 6) is 0.362. The van der Waals surface area contributed by atoms with E-state index in [0.717, 1.165) is 11.3 Å². The molecule has 0 saturated carbocycles. The summed E-state index contributed by atoms with van der Waals surface area (Å²) in [4.78, 5) is 16.9. The van der Waals surface area contributed by atoms with Gasteiger partial charge in [0.2, 0.25) is 5.88 Å². The van der Waals surface area contributed by atoms with Crippen LogP contribution >= 0.6 is 11.6 Å². The second-order valence-corrected chi connectivity index (χ2v) is 11.3. The molecule has 206 valence electrons. The van der Waals surface area contributed by atoms with Gasteiger partial charge in [-0.3, -0.25) is 0 Å². The number of methoxy groups -OCH3 is 1. The Labute approximate surface area is 231 Å². The molecular formula is C26H27ClN5O6S-. The quantitative estimate of drug-likeness (QED) is 0.425. The average Bonchev–Trinajstić information content (AvgIpc) is 3.59. The smallest absolute Gasteiger partial charge is 0.296 e. The van der Waals surface area contributed by atoms with Gasteiger partial charge in [-0.2, -0.15) is 15.6 Å². The molecule has 39 heavy (non-hydrogen) atoms. The van der Waals surface area contributed by atoms with E-state index in [2.05, 4.69) is 19.3 Å². The summed E-state index contributed by atoms with van der Waals surface area (Å²) in [6.07, 6.45) is 6.24. The van der Waals surface area contributed by atoms with Crippen molar-refractivity contribution in [3.05, 3.63) is 47.1 Å². The number of nitrogens with zero attached hydrogens (tertiary/aromatic N) is 4. The van der Waals surface area contributed by atoms with Crippen molar-refractivity contribution >= 4 is 38.9 Å². The summed E-state index contributed by atoms with van der Waals surface area (Å²) in [7, 11) is 0.292. The second kappa shape index (κ2) is 10.2. The number of ether oxygens (including phenoxy) is 4. The van der Waals surface area contributed by atoms with E-state index in [1.54, 1.807) is 19.4 Å². The fourth-order valence-corrected chi connectivity index (χ4v) is 6.02. The van der Waals surface area contributed by atoms with Gasteiger partial charge in [-0.25, -0.2) is 9.97 Å². The zero-order chi connectivity index (χ0) is 27.3. The average molecular weight is 573 g/mol. The van der Waals surface area contributed by atoms with Crippen LogP contribution in [0.15, 0.2) is 40.8 Å². The number of fused-ring (bicyclic) bond motifs is 2. The number of allylic oxidation sites excluding steroid dienone is 2. The number of aliphatic hydroxyl groups is 1. The molecule has 5 heterocycles. The first-order valence-corrected chi connectivity index (χ1v) is 14.3. The number of H-pyrrole nitrogens is 1. The molecular weight excluding hydrogens is 546 g/mol. The minimum Gasteiger partial charge on any atom is -0.480 e. The van der Waals surface area contributed by atoms with Crippen LogP contribution in [-0.4, -0.2) is 81.6 Å². The predicted molar refractivity (Wildman–Crippen MR) is 145 cm³/mol. The van der Waals surface area contributed by atoms with Gasteiger partial charge in [0.1, 0.15) is 18.3 Å². The Balaban J connectivity index is 1.26. The zero-order valence-corrected chi connectivity index (χ0v) is 23.0. The molecule has 0 radical (unpaired) electrons. The second-order valence-electron chi connectivity index (χ2n) is 9.87. The minimum absolute atomic E-state index is 0.217. The van der Waals surface area contributed by atoms with Crippen LogP contribution in [-0.2, 0) is 24.3 Å². The molecule has 6 rings (SSSR count). The standard InChI is InChI=1S/C26H27ClN5O6S/c1-26(32-39(3)34)8-6-13(7-9-26)16-5-4-14(24(28-16)35-2)20-15(27)10-17-23(30-20)31-25(29-17)38-19-12-37-21-18(33)11-36-22(19)21/h4-8,10,18-19,21-22,33H,9,11-12H2,1-3H3,(H,29,30,31)/q-1.